The number of fused-ring (bicyclic) bond motifs is 1. The fraction of sp³-hybridized carbons (Fsp3) is 0.600. The maximum atomic E-state index is 6.53. The quantitative estimate of drug-likeness (QED) is 0.901. The summed E-state index contributed by atoms with van der Waals surface area (Å²) in [5.41, 5.74) is 9.04. The second-order valence-electron chi connectivity index (χ2n) is 5.68. The van der Waals surface area contributed by atoms with Crippen LogP contribution in [0.25, 0.3) is 0 Å². The van der Waals surface area contributed by atoms with E-state index in [1.54, 1.807) is 0 Å². The molecule has 0 amide bonds. The lowest BCUT2D eigenvalue weighted by atomic mass is 9.85. The van der Waals surface area contributed by atoms with Crippen molar-refractivity contribution in [3.8, 4) is 5.75 Å². The summed E-state index contributed by atoms with van der Waals surface area (Å²) < 4.78 is 6.93. The molecule has 1 aliphatic carbocycles. The largest absolute Gasteiger partial charge is 0.493 e. The van der Waals surface area contributed by atoms with Crippen LogP contribution in [0.1, 0.15) is 43.4 Å². The Labute approximate surface area is 117 Å². The Kier molecular flexibility index (Phi) is 3.37. The predicted octanol–water partition coefficient (Wildman–Crippen LogP) is 3.82. The van der Waals surface area contributed by atoms with E-state index in [4.69, 9.17) is 10.5 Å². The zero-order valence-electron chi connectivity index (χ0n) is 10.8. The molecule has 2 aliphatic rings. The van der Waals surface area contributed by atoms with Crippen LogP contribution in [-0.2, 0) is 6.42 Å². The molecule has 2 nitrogen and oxygen atoms in total. The zero-order chi connectivity index (χ0) is 12.7. The van der Waals surface area contributed by atoms with E-state index in [-0.39, 0.29) is 6.04 Å². The summed E-state index contributed by atoms with van der Waals surface area (Å²) in [6.07, 6.45) is 4.89. The monoisotopic (exact) mass is 309 g/mol. The van der Waals surface area contributed by atoms with E-state index in [0.717, 1.165) is 29.2 Å². The van der Waals surface area contributed by atoms with Crippen molar-refractivity contribution in [2.45, 2.75) is 38.6 Å². The van der Waals surface area contributed by atoms with Crippen molar-refractivity contribution in [2.24, 2.45) is 17.6 Å². The van der Waals surface area contributed by atoms with Crippen molar-refractivity contribution >= 4 is 15.9 Å². The lowest BCUT2D eigenvalue weighted by Crippen LogP contribution is -2.23. The summed E-state index contributed by atoms with van der Waals surface area (Å²) in [7, 11) is 0. The van der Waals surface area contributed by atoms with Gasteiger partial charge in [0.1, 0.15) is 5.75 Å². The minimum absolute atomic E-state index is 0.117. The summed E-state index contributed by atoms with van der Waals surface area (Å²) in [4.78, 5) is 0. The van der Waals surface area contributed by atoms with Gasteiger partial charge < -0.3 is 10.5 Å². The van der Waals surface area contributed by atoms with Crippen LogP contribution >= 0.6 is 15.9 Å². The summed E-state index contributed by atoms with van der Waals surface area (Å²) in [5.74, 6) is 2.40. The number of ether oxygens (including phenoxy) is 1. The van der Waals surface area contributed by atoms with E-state index in [9.17, 15) is 0 Å². The number of rotatable bonds is 2. The SMILES string of the molecule is CC1CCCC1C(N)c1cc(Br)cc2c1OCC2. The van der Waals surface area contributed by atoms with E-state index in [2.05, 4.69) is 35.0 Å². The summed E-state index contributed by atoms with van der Waals surface area (Å²) >= 11 is 3.60. The van der Waals surface area contributed by atoms with E-state index in [1.807, 2.05) is 0 Å². The molecule has 1 aliphatic heterocycles. The van der Waals surface area contributed by atoms with Crippen LogP contribution in [0.4, 0.5) is 0 Å². The molecule has 0 radical (unpaired) electrons. The van der Waals surface area contributed by atoms with Gasteiger partial charge in [0, 0.05) is 22.5 Å². The minimum atomic E-state index is 0.117. The minimum Gasteiger partial charge on any atom is -0.493 e. The van der Waals surface area contributed by atoms with Gasteiger partial charge in [-0.05, 0) is 36.0 Å². The molecule has 1 saturated carbocycles. The smallest absolute Gasteiger partial charge is 0.127 e. The molecule has 0 aromatic heterocycles. The molecule has 0 spiro atoms. The Balaban J connectivity index is 1.96. The normalized spacial score (nSPS) is 27.9. The van der Waals surface area contributed by atoms with Gasteiger partial charge in [-0.3, -0.25) is 0 Å². The van der Waals surface area contributed by atoms with Gasteiger partial charge in [-0.25, -0.2) is 0 Å². The molecular formula is C15H20BrNO. The first-order chi connectivity index (χ1) is 8.66. The average molecular weight is 310 g/mol. The highest BCUT2D eigenvalue weighted by molar-refractivity contribution is 9.10. The van der Waals surface area contributed by atoms with Crippen molar-refractivity contribution in [1.29, 1.82) is 0 Å². The van der Waals surface area contributed by atoms with Gasteiger partial charge in [-0.2, -0.15) is 0 Å². The first kappa shape index (κ1) is 12.5. The van der Waals surface area contributed by atoms with E-state index < -0.39 is 0 Å². The van der Waals surface area contributed by atoms with E-state index in [1.165, 1.54) is 30.4 Å². The molecule has 0 bridgehead atoms. The van der Waals surface area contributed by atoms with Gasteiger partial charge in [-0.15, -0.1) is 0 Å². The third-order valence-corrected chi connectivity index (χ3v) is 4.98. The second kappa shape index (κ2) is 4.86. The topological polar surface area (TPSA) is 35.2 Å². The molecule has 3 atom stereocenters. The van der Waals surface area contributed by atoms with Gasteiger partial charge in [-0.1, -0.05) is 35.7 Å². The highest BCUT2D eigenvalue weighted by atomic mass is 79.9. The Morgan fingerprint density at radius 3 is 2.94 bits per heavy atom. The van der Waals surface area contributed by atoms with Crippen LogP contribution in [0.2, 0.25) is 0 Å². The predicted molar refractivity (Wildman–Crippen MR) is 76.8 cm³/mol. The van der Waals surface area contributed by atoms with Crippen molar-refractivity contribution in [1.82, 2.24) is 0 Å². The molecule has 1 fully saturated rings. The van der Waals surface area contributed by atoms with Crippen molar-refractivity contribution in [3.63, 3.8) is 0 Å². The lowest BCUT2D eigenvalue weighted by molar-refractivity contribution is 0.323. The molecule has 2 N–H and O–H groups in total. The van der Waals surface area contributed by atoms with Crippen LogP contribution < -0.4 is 10.5 Å². The van der Waals surface area contributed by atoms with Gasteiger partial charge in [0.05, 0.1) is 6.61 Å². The highest BCUT2D eigenvalue weighted by Crippen LogP contribution is 2.44. The summed E-state index contributed by atoms with van der Waals surface area (Å²) in [5, 5.41) is 0. The van der Waals surface area contributed by atoms with Crippen LogP contribution in [0.3, 0.4) is 0 Å². The first-order valence-corrected chi connectivity index (χ1v) is 7.67. The fourth-order valence-electron chi connectivity index (χ4n) is 3.48. The number of benzene rings is 1. The Morgan fingerprint density at radius 2 is 2.22 bits per heavy atom. The Bertz CT molecular complexity index is 460. The first-order valence-electron chi connectivity index (χ1n) is 6.87. The standard InChI is InChI=1S/C15H20BrNO/c1-9-3-2-4-12(9)14(17)13-8-11(16)7-10-5-6-18-15(10)13/h7-9,12,14H,2-6,17H2,1H3. The molecule has 0 saturated heterocycles. The average Bonchev–Trinajstić information content (AvgIpc) is 2.95. The van der Waals surface area contributed by atoms with Gasteiger partial charge >= 0.3 is 0 Å². The number of hydrogen-bond donors (Lipinski definition) is 1. The molecule has 1 heterocycles. The van der Waals surface area contributed by atoms with Crippen LogP contribution in [0.15, 0.2) is 16.6 Å². The van der Waals surface area contributed by atoms with Crippen LogP contribution in [0, 0.1) is 11.8 Å². The van der Waals surface area contributed by atoms with E-state index in [0.29, 0.717) is 5.92 Å². The molecule has 98 valence electrons. The summed E-state index contributed by atoms with van der Waals surface area (Å²) in [6.45, 7) is 3.13. The Morgan fingerprint density at radius 1 is 1.39 bits per heavy atom. The number of halogens is 1. The molecule has 3 rings (SSSR count). The lowest BCUT2D eigenvalue weighted by Gasteiger charge is -2.25. The van der Waals surface area contributed by atoms with Crippen LogP contribution in [-0.4, -0.2) is 6.61 Å². The second-order valence-corrected chi connectivity index (χ2v) is 6.60. The number of nitrogens with two attached hydrogens (primary N) is 1. The summed E-state index contributed by atoms with van der Waals surface area (Å²) in [6, 6.07) is 4.43. The van der Waals surface area contributed by atoms with Crippen molar-refractivity contribution < 1.29 is 4.74 Å². The molecule has 1 aromatic carbocycles. The maximum absolute atomic E-state index is 6.53. The third-order valence-electron chi connectivity index (χ3n) is 4.53. The van der Waals surface area contributed by atoms with E-state index >= 15 is 0 Å². The fourth-order valence-corrected chi connectivity index (χ4v) is 4.01. The third kappa shape index (κ3) is 2.08. The molecule has 3 heteroatoms. The van der Waals surface area contributed by atoms with Gasteiger partial charge in [0.2, 0.25) is 0 Å². The Hall–Kier alpha value is -0.540. The highest BCUT2D eigenvalue weighted by Gasteiger charge is 2.32. The molecule has 18 heavy (non-hydrogen) atoms. The molecular weight excluding hydrogens is 290 g/mol. The maximum Gasteiger partial charge on any atom is 0.127 e. The van der Waals surface area contributed by atoms with Gasteiger partial charge in [0.25, 0.3) is 0 Å². The van der Waals surface area contributed by atoms with Crippen molar-refractivity contribution in [3.05, 3.63) is 27.7 Å². The number of hydrogen-bond acceptors (Lipinski definition) is 2. The molecule has 3 unspecified atom stereocenters. The van der Waals surface area contributed by atoms with Gasteiger partial charge in [0.15, 0.2) is 0 Å². The van der Waals surface area contributed by atoms with Crippen LogP contribution in [0.5, 0.6) is 5.75 Å². The molecule has 1 aromatic rings. The van der Waals surface area contributed by atoms with Crippen molar-refractivity contribution in [2.75, 3.05) is 6.61 Å². The zero-order valence-corrected chi connectivity index (χ0v) is 12.4.